The van der Waals surface area contributed by atoms with E-state index in [-0.39, 0.29) is 21.7 Å². The van der Waals surface area contributed by atoms with Crippen LogP contribution in [0.1, 0.15) is 27.7 Å². The molecule has 0 bridgehead atoms. The van der Waals surface area contributed by atoms with Crippen molar-refractivity contribution < 1.29 is 21.7 Å². The van der Waals surface area contributed by atoms with E-state index in [1.165, 1.54) is 21.4 Å². The van der Waals surface area contributed by atoms with Crippen LogP contribution in [0.4, 0.5) is 0 Å². The van der Waals surface area contributed by atoms with Crippen LogP contribution in [0.5, 0.6) is 0 Å². The van der Waals surface area contributed by atoms with Crippen LogP contribution in [0.2, 0.25) is 5.54 Å². The van der Waals surface area contributed by atoms with Gasteiger partial charge in [-0.1, -0.05) is 11.1 Å². The Hall–Kier alpha value is 0.411. The fraction of sp³-hybridized carbons (Fsp3) is 0.556. The van der Waals surface area contributed by atoms with Crippen molar-refractivity contribution in [2.24, 2.45) is 0 Å². The Morgan fingerprint density at radius 3 is 1.27 bits per heavy atom. The van der Waals surface area contributed by atoms with Gasteiger partial charge in [-0.3, -0.25) is 0 Å². The zero-order chi connectivity index (χ0) is 7.89. The average Bonchev–Trinajstić information content (AvgIpc) is 2.07. The number of allylic oxidation sites excluding steroid dienone is 4. The van der Waals surface area contributed by atoms with Crippen molar-refractivity contribution in [2.45, 2.75) is 33.2 Å². The molecule has 0 unspecified atom stereocenters. The summed E-state index contributed by atoms with van der Waals surface area (Å²) in [6.45, 7) is 9.03. The smallest absolute Gasteiger partial charge is 0.0170 e. The molecule has 1 aliphatic rings. The van der Waals surface area contributed by atoms with Gasteiger partial charge in [-0.15, -0.1) is 0 Å². The van der Waals surface area contributed by atoms with Gasteiger partial charge in [0, 0.05) is 32.0 Å². The molecule has 0 atom stereocenters. The van der Waals surface area contributed by atoms with E-state index in [4.69, 9.17) is 0 Å². The molecule has 60 valence electrons. The molecule has 0 fully saturated rings. The number of hydrogen-bond acceptors (Lipinski definition) is 0. The van der Waals surface area contributed by atoms with Gasteiger partial charge in [0.05, 0.1) is 0 Å². The van der Waals surface area contributed by atoms with Crippen molar-refractivity contribution in [1.29, 1.82) is 0 Å². The van der Waals surface area contributed by atoms with Gasteiger partial charge < -0.3 is 0 Å². The Labute approximate surface area is 87.5 Å². The Morgan fingerprint density at radius 2 is 1.18 bits per heavy atom. The molecule has 0 aromatic heterocycles. The Morgan fingerprint density at radius 1 is 0.909 bits per heavy atom. The van der Waals surface area contributed by atoms with E-state index < -0.39 is 0 Å². The maximum atomic E-state index is 2.27. The summed E-state index contributed by atoms with van der Waals surface area (Å²) >= 11 is 0. The van der Waals surface area contributed by atoms with E-state index in [1.54, 1.807) is 11.1 Å². The summed E-state index contributed by atoms with van der Waals surface area (Å²) in [5, 5.41) is 0. The van der Waals surface area contributed by atoms with Crippen LogP contribution in [0.15, 0.2) is 22.3 Å². The second kappa shape index (κ2) is 3.88. The minimum atomic E-state index is 0. The summed E-state index contributed by atoms with van der Waals surface area (Å²) in [4.78, 5) is 0. The topological polar surface area (TPSA) is 0 Å². The van der Waals surface area contributed by atoms with Gasteiger partial charge in [-0.25, -0.2) is 0 Å². The van der Waals surface area contributed by atoms with E-state index in [0.29, 0.717) is 0 Å². The molecule has 0 aromatic carbocycles. The van der Waals surface area contributed by atoms with Crippen LogP contribution in [-0.2, 0) is 21.7 Å². The molecular weight excluding hydrogens is 184 g/mol. The summed E-state index contributed by atoms with van der Waals surface area (Å²) in [6, 6.07) is 0. The van der Waals surface area contributed by atoms with Crippen molar-refractivity contribution in [3.8, 4) is 0 Å². The Balaban J connectivity index is 0.000001000. The van der Waals surface area contributed by atoms with Gasteiger partial charge in [-0.05, 0) is 44.4 Å². The van der Waals surface area contributed by atoms with Gasteiger partial charge in [-0.2, -0.15) is 0 Å². The minimum absolute atomic E-state index is 0. The van der Waals surface area contributed by atoms with Crippen molar-refractivity contribution in [1.82, 2.24) is 0 Å². The van der Waals surface area contributed by atoms with Gasteiger partial charge in [0.2, 0.25) is 0 Å². The Bertz CT molecular complexity index is 202. The summed E-state index contributed by atoms with van der Waals surface area (Å²) in [7, 11) is 1.28. The third-order valence-electron chi connectivity index (χ3n) is 3.04. The Kier molecular flexibility index (Phi) is 4.03. The molecule has 0 heterocycles. The van der Waals surface area contributed by atoms with Gasteiger partial charge in [0.15, 0.2) is 0 Å². The first kappa shape index (κ1) is 11.4. The molecule has 0 aromatic rings. The molecule has 0 nitrogen and oxygen atoms in total. The molecule has 0 aliphatic heterocycles. The quantitative estimate of drug-likeness (QED) is 0.523. The zero-order valence-electron chi connectivity index (χ0n) is 8.08. The first-order chi connectivity index (χ1) is 4.55. The summed E-state index contributed by atoms with van der Waals surface area (Å²) in [5.41, 5.74) is 7.14. The molecule has 11 heavy (non-hydrogen) atoms. The van der Waals surface area contributed by atoms with Crippen LogP contribution >= 0.6 is 0 Å². The predicted octanol–water partition coefficient (Wildman–Crippen LogP) is 1.82. The maximum Gasteiger partial charge on any atom is 0.0170 e. The van der Waals surface area contributed by atoms with Crippen LogP contribution < -0.4 is 0 Å². The van der Waals surface area contributed by atoms with Crippen LogP contribution in [0, 0.1) is 0 Å². The van der Waals surface area contributed by atoms with E-state index in [2.05, 4.69) is 27.7 Å². The molecule has 0 radical (unpaired) electrons. The van der Waals surface area contributed by atoms with Crippen LogP contribution in [-0.4, -0.2) is 10.2 Å². The average molecular weight is 200 g/mol. The second-order valence-corrected chi connectivity index (χ2v) is 4.49. The first-order valence-electron chi connectivity index (χ1n) is 3.90. The van der Waals surface area contributed by atoms with E-state index in [9.17, 15) is 0 Å². The molecule has 2 heteroatoms. The van der Waals surface area contributed by atoms with Gasteiger partial charge in [0.25, 0.3) is 0 Å². The van der Waals surface area contributed by atoms with Crippen molar-refractivity contribution in [2.75, 3.05) is 0 Å². The predicted molar refractivity (Wildman–Crippen MR) is 50.4 cm³/mol. The molecule has 0 saturated heterocycles. The zero-order valence-corrected chi connectivity index (χ0v) is 11.6. The second-order valence-electron chi connectivity index (χ2n) is 3.34. The van der Waals surface area contributed by atoms with Gasteiger partial charge >= 0.3 is 0 Å². The van der Waals surface area contributed by atoms with E-state index in [0.717, 1.165) is 5.54 Å². The minimum Gasteiger partial charge on any atom is -0.0667 e. The molecule has 0 spiro atoms. The number of rotatable bonds is 0. The third-order valence-corrected chi connectivity index (χ3v) is 4.78. The summed E-state index contributed by atoms with van der Waals surface area (Å²) in [6.07, 6.45) is 0. The van der Waals surface area contributed by atoms with E-state index in [1.807, 2.05) is 0 Å². The molecule has 0 amide bonds. The normalized spacial score (nSPS) is 19.6. The standard InChI is InChI=1S/C9H16Si.Ti/c1-5-6(2)8(4)9(10)7(5)3;/h9H,1-4,10H3;. The van der Waals surface area contributed by atoms with Crippen molar-refractivity contribution in [3.63, 3.8) is 0 Å². The summed E-state index contributed by atoms with van der Waals surface area (Å²) in [5.74, 6) is 0. The third kappa shape index (κ3) is 1.77. The van der Waals surface area contributed by atoms with E-state index >= 15 is 0 Å². The molecular formula is C9H16SiTi. The summed E-state index contributed by atoms with van der Waals surface area (Å²) < 4.78 is 0. The molecule has 0 saturated carbocycles. The van der Waals surface area contributed by atoms with Crippen molar-refractivity contribution >= 4 is 10.2 Å². The molecule has 1 rings (SSSR count). The molecule has 0 N–H and O–H groups in total. The fourth-order valence-electron chi connectivity index (χ4n) is 1.57. The molecule has 1 aliphatic carbocycles. The van der Waals surface area contributed by atoms with Crippen LogP contribution in [0.25, 0.3) is 0 Å². The van der Waals surface area contributed by atoms with Gasteiger partial charge in [0.1, 0.15) is 0 Å². The SMILES string of the molecule is CC1=C(C)C([SiH3])C(C)=C1C.[Ti]. The maximum absolute atomic E-state index is 2.27. The van der Waals surface area contributed by atoms with Crippen molar-refractivity contribution in [3.05, 3.63) is 22.3 Å². The first-order valence-corrected chi connectivity index (χ1v) is 5.06. The fourth-order valence-corrected chi connectivity index (χ4v) is 2.43. The monoisotopic (exact) mass is 200 g/mol. The van der Waals surface area contributed by atoms with Crippen LogP contribution in [0.3, 0.4) is 0 Å². The largest absolute Gasteiger partial charge is 0.0667 e. The number of hydrogen-bond donors (Lipinski definition) is 0.